The van der Waals surface area contributed by atoms with Crippen molar-refractivity contribution in [2.45, 2.75) is 25.7 Å². The Kier molecular flexibility index (Phi) is 4.79. The highest BCUT2D eigenvalue weighted by Gasteiger charge is 2.37. The molecule has 2 aliphatic rings. The van der Waals surface area contributed by atoms with Crippen molar-refractivity contribution in [3.8, 4) is 0 Å². The normalized spacial score (nSPS) is 35.3. The van der Waals surface area contributed by atoms with E-state index in [2.05, 4.69) is 4.90 Å². The summed E-state index contributed by atoms with van der Waals surface area (Å²) in [4.78, 5) is 2.45. The Hall–Kier alpha value is -0.160. The molecule has 2 N–H and O–H groups in total. The molecule has 2 saturated heterocycles. The molecule has 2 rings (SSSR count). The number of aliphatic hydroxyl groups excluding tert-OH is 2. The number of hydrogen-bond acceptors (Lipinski definition) is 4. The second kappa shape index (κ2) is 6.14. The van der Waals surface area contributed by atoms with Gasteiger partial charge < -0.3 is 19.8 Å². The molecule has 17 heavy (non-hydrogen) atoms. The first-order valence-electron chi connectivity index (χ1n) is 6.80. The van der Waals surface area contributed by atoms with E-state index < -0.39 is 0 Å². The minimum absolute atomic E-state index is 0.0267. The van der Waals surface area contributed by atoms with E-state index in [4.69, 9.17) is 9.84 Å². The van der Waals surface area contributed by atoms with Crippen molar-refractivity contribution in [3.05, 3.63) is 0 Å². The summed E-state index contributed by atoms with van der Waals surface area (Å²) in [5.74, 6) is 0.631. The maximum Gasteiger partial charge on any atom is 0.0557 e. The predicted octanol–water partition coefficient (Wildman–Crippen LogP) is 0.480. The lowest BCUT2D eigenvalue weighted by Gasteiger charge is -2.38. The van der Waals surface area contributed by atoms with Crippen LogP contribution in [0.3, 0.4) is 0 Å². The van der Waals surface area contributed by atoms with Crippen molar-refractivity contribution in [2.75, 3.05) is 46.1 Å². The molecule has 0 aromatic carbocycles. The van der Waals surface area contributed by atoms with Gasteiger partial charge in [0.2, 0.25) is 0 Å². The van der Waals surface area contributed by atoms with E-state index >= 15 is 0 Å². The summed E-state index contributed by atoms with van der Waals surface area (Å²) in [7, 11) is 0. The molecule has 0 aliphatic carbocycles. The van der Waals surface area contributed by atoms with Crippen LogP contribution in [0.1, 0.15) is 25.7 Å². The molecule has 100 valence electrons. The fourth-order valence-electron chi connectivity index (χ4n) is 3.14. The maximum atomic E-state index is 9.57. The first-order chi connectivity index (χ1) is 8.28. The summed E-state index contributed by atoms with van der Waals surface area (Å²) in [5, 5.41) is 18.6. The lowest BCUT2D eigenvalue weighted by molar-refractivity contribution is 0.0384. The molecular formula is C13H25NO3. The van der Waals surface area contributed by atoms with Crippen LogP contribution in [0.4, 0.5) is 0 Å². The molecule has 2 atom stereocenters. The summed E-state index contributed by atoms with van der Waals surface area (Å²) < 4.78 is 5.44. The fourth-order valence-corrected chi connectivity index (χ4v) is 3.14. The zero-order chi connectivity index (χ0) is 12.1. The highest BCUT2D eigenvalue weighted by Crippen LogP contribution is 2.31. The van der Waals surface area contributed by atoms with Crippen LogP contribution in [0, 0.1) is 11.3 Å². The van der Waals surface area contributed by atoms with Gasteiger partial charge in [-0.15, -0.1) is 0 Å². The molecule has 2 heterocycles. The second-order valence-electron chi connectivity index (χ2n) is 5.72. The van der Waals surface area contributed by atoms with Gasteiger partial charge in [-0.1, -0.05) is 0 Å². The number of aliphatic hydroxyl groups is 2. The largest absolute Gasteiger partial charge is 0.396 e. The highest BCUT2D eigenvalue weighted by molar-refractivity contribution is 4.87. The van der Waals surface area contributed by atoms with Crippen molar-refractivity contribution >= 4 is 0 Å². The van der Waals surface area contributed by atoms with Crippen LogP contribution in [0.15, 0.2) is 0 Å². The molecule has 4 heteroatoms. The smallest absolute Gasteiger partial charge is 0.0557 e. The topological polar surface area (TPSA) is 52.9 Å². The van der Waals surface area contributed by atoms with E-state index in [0.29, 0.717) is 19.1 Å². The Bertz CT molecular complexity index is 227. The van der Waals surface area contributed by atoms with Crippen LogP contribution < -0.4 is 0 Å². The molecule has 2 aliphatic heterocycles. The number of hydrogen-bond donors (Lipinski definition) is 2. The van der Waals surface area contributed by atoms with Crippen molar-refractivity contribution < 1.29 is 14.9 Å². The van der Waals surface area contributed by atoms with E-state index in [1.54, 1.807) is 0 Å². The van der Waals surface area contributed by atoms with E-state index in [-0.39, 0.29) is 12.0 Å². The van der Waals surface area contributed by atoms with Gasteiger partial charge in [-0.05, 0) is 38.1 Å². The average Bonchev–Trinajstić information content (AvgIpc) is 2.79. The molecule has 0 aromatic heterocycles. The summed E-state index contributed by atoms with van der Waals surface area (Å²) >= 11 is 0. The number of rotatable bonds is 5. The molecular weight excluding hydrogens is 218 g/mol. The molecule has 0 aromatic rings. The van der Waals surface area contributed by atoms with Crippen molar-refractivity contribution in [1.29, 1.82) is 0 Å². The third-order valence-electron chi connectivity index (χ3n) is 4.22. The number of likely N-dealkylation sites (tertiary alicyclic amines) is 1. The Morgan fingerprint density at radius 1 is 1.35 bits per heavy atom. The van der Waals surface area contributed by atoms with E-state index in [1.807, 2.05) is 0 Å². The molecule has 0 saturated carbocycles. The average molecular weight is 243 g/mol. The predicted molar refractivity (Wildman–Crippen MR) is 65.8 cm³/mol. The lowest BCUT2D eigenvalue weighted by atomic mass is 9.86. The van der Waals surface area contributed by atoms with Gasteiger partial charge in [-0.25, -0.2) is 0 Å². The molecule has 2 unspecified atom stereocenters. The quantitative estimate of drug-likeness (QED) is 0.737. The lowest BCUT2D eigenvalue weighted by Crippen LogP contribution is -2.45. The summed E-state index contributed by atoms with van der Waals surface area (Å²) in [5.41, 5.74) is -0.0267. The van der Waals surface area contributed by atoms with Gasteiger partial charge >= 0.3 is 0 Å². The molecule has 4 nitrogen and oxygen atoms in total. The Labute approximate surface area is 104 Å². The first-order valence-corrected chi connectivity index (χ1v) is 6.80. The standard InChI is InChI=1S/C13H25NO3/c15-6-3-12-2-1-5-14(8-12)9-13(10-16)4-7-17-11-13/h12,15-16H,1-11H2. The first kappa shape index (κ1) is 13.3. The van der Waals surface area contributed by atoms with E-state index in [1.165, 1.54) is 12.8 Å². The Balaban J connectivity index is 1.85. The molecule has 0 bridgehead atoms. The minimum atomic E-state index is -0.0267. The fraction of sp³-hybridized carbons (Fsp3) is 1.00. The van der Waals surface area contributed by atoms with Crippen molar-refractivity contribution in [3.63, 3.8) is 0 Å². The van der Waals surface area contributed by atoms with Gasteiger partial charge in [0.05, 0.1) is 13.2 Å². The van der Waals surface area contributed by atoms with Crippen LogP contribution >= 0.6 is 0 Å². The zero-order valence-corrected chi connectivity index (χ0v) is 10.6. The van der Waals surface area contributed by atoms with Crippen LogP contribution in [0.5, 0.6) is 0 Å². The van der Waals surface area contributed by atoms with Crippen molar-refractivity contribution in [2.24, 2.45) is 11.3 Å². The second-order valence-corrected chi connectivity index (χ2v) is 5.72. The molecule has 2 fully saturated rings. The third kappa shape index (κ3) is 3.41. The number of nitrogens with zero attached hydrogens (tertiary/aromatic N) is 1. The third-order valence-corrected chi connectivity index (χ3v) is 4.22. The SMILES string of the molecule is OCCC1CCCN(CC2(CO)CCOC2)C1. The monoisotopic (exact) mass is 243 g/mol. The molecule has 0 radical (unpaired) electrons. The maximum absolute atomic E-state index is 9.57. The molecule has 0 amide bonds. The Morgan fingerprint density at radius 2 is 2.24 bits per heavy atom. The van der Waals surface area contributed by atoms with Crippen LogP contribution in [0.25, 0.3) is 0 Å². The van der Waals surface area contributed by atoms with Crippen molar-refractivity contribution in [1.82, 2.24) is 4.90 Å². The van der Waals surface area contributed by atoms with Gasteiger partial charge in [0.15, 0.2) is 0 Å². The minimum Gasteiger partial charge on any atom is -0.396 e. The van der Waals surface area contributed by atoms with Crippen LogP contribution in [-0.2, 0) is 4.74 Å². The zero-order valence-electron chi connectivity index (χ0n) is 10.6. The van der Waals surface area contributed by atoms with Gasteiger partial charge in [0.1, 0.15) is 0 Å². The number of piperidine rings is 1. The van der Waals surface area contributed by atoms with Crippen LogP contribution in [0.2, 0.25) is 0 Å². The number of ether oxygens (including phenoxy) is 1. The summed E-state index contributed by atoms with van der Waals surface area (Å²) in [6.45, 7) is 5.16. The van der Waals surface area contributed by atoms with Gasteiger partial charge in [-0.2, -0.15) is 0 Å². The highest BCUT2D eigenvalue weighted by atomic mass is 16.5. The Morgan fingerprint density at radius 3 is 2.88 bits per heavy atom. The van der Waals surface area contributed by atoms with E-state index in [0.717, 1.165) is 39.1 Å². The molecule has 0 spiro atoms. The van der Waals surface area contributed by atoms with E-state index in [9.17, 15) is 5.11 Å². The van der Waals surface area contributed by atoms with Gasteiger partial charge in [-0.3, -0.25) is 0 Å². The summed E-state index contributed by atoms with van der Waals surface area (Å²) in [6.07, 6.45) is 4.34. The summed E-state index contributed by atoms with van der Waals surface area (Å²) in [6, 6.07) is 0. The van der Waals surface area contributed by atoms with Gasteiger partial charge in [0, 0.05) is 31.7 Å². The van der Waals surface area contributed by atoms with Gasteiger partial charge in [0.25, 0.3) is 0 Å². The van der Waals surface area contributed by atoms with Crippen LogP contribution in [-0.4, -0.2) is 61.2 Å².